The van der Waals surface area contributed by atoms with Crippen LogP contribution >= 0.6 is 0 Å². The van der Waals surface area contributed by atoms with Crippen molar-refractivity contribution in [2.24, 2.45) is 11.8 Å². The smallest absolute Gasteiger partial charge is 0.316 e. The van der Waals surface area contributed by atoms with E-state index in [0.717, 1.165) is 43.4 Å². The molecule has 1 N–H and O–H groups in total. The maximum Gasteiger partial charge on any atom is 0.316 e. The summed E-state index contributed by atoms with van der Waals surface area (Å²) < 4.78 is 0. The topological polar surface area (TPSA) is 57.6 Å². The van der Waals surface area contributed by atoms with Gasteiger partial charge in [-0.1, -0.05) is 50.3 Å². The molecule has 1 heterocycles. The number of carbonyl (C=O) groups is 2. The zero-order valence-electron chi connectivity index (χ0n) is 12.8. The molecule has 0 spiro atoms. The fourth-order valence-electron chi connectivity index (χ4n) is 3.82. The van der Waals surface area contributed by atoms with Crippen LogP contribution in [0.25, 0.3) is 0 Å². The molecule has 1 aliphatic carbocycles. The molecule has 1 amide bonds. The predicted molar refractivity (Wildman–Crippen MR) is 84.8 cm³/mol. The number of amides is 1. The maximum absolute atomic E-state index is 12.8. The third kappa shape index (κ3) is 3.01. The number of rotatable bonds is 4. The van der Waals surface area contributed by atoms with Gasteiger partial charge in [0.05, 0.1) is 0 Å². The predicted octanol–water partition coefficient (Wildman–Crippen LogP) is 3.25. The average molecular weight is 301 g/mol. The van der Waals surface area contributed by atoms with Crippen molar-refractivity contribution in [2.45, 2.75) is 44.9 Å². The van der Waals surface area contributed by atoms with Crippen LogP contribution in [0.2, 0.25) is 0 Å². The Hall–Kier alpha value is -1.84. The van der Waals surface area contributed by atoms with Crippen LogP contribution in [0.1, 0.15) is 44.1 Å². The van der Waals surface area contributed by atoms with Gasteiger partial charge in [0, 0.05) is 12.2 Å². The molecular formula is C18H23NO3. The van der Waals surface area contributed by atoms with E-state index in [4.69, 9.17) is 0 Å². The van der Waals surface area contributed by atoms with Crippen LogP contribution < -0.4 is 4.90 Å². The van der Waals surface area contributed by atoms with Gasteiger partial charge in [0.25, 0.3) is 0 Å². The van der Waals surface area contributed by atoms with E-state index in [2.05, 4.69) is 0 Å². The quantitative estimate of drug-likeness (QED) is 0.869. The number of benzene rings is 1. The van der Waals surface area contributed by atoms with Gasteiger partial charge in [-0.25, -0.2) is 0 Å². The van der Waals surface area contributed by atoms with Gasteiger partial charge >= 0.3 is 5.97 Å². The molecule has 22 heavy (non-hydrogen) atoms. The van der Waals surface area contributed by atoms with Gasteiger partial charge in [0.2, 0.25) is 5.91 Å². The van der Waals surface area contributed by atoms with E-state index in [0.29, 0.717) is 18.9 Å². The molecule has 2 aliphatic rings. The molecule has 1 aromatic rings. The molecule has 0 aromatic heterocycles. The lowest BCUT2D eigenvalue weighted by Crippen LogP contribution is -2.39. The minimum Gasteiger partial charge on any atom is -0.481 e. The summed E-state index contributed by atoms with van der Waals surface area (Å²) >= 11 is 0. The monoisotopic (exact) mass is 301 g/mol. The first-order valence-electron chi connectivity index (χ1n) is 8.29. The van der Waals surface area contributed by atoms with Crippen LogP contribution in [0.5, 0.6) is 0 Å². The largest absolute Gasteiger partial charge is 0.481 e. The molecule has 0 radical (unpaired) electrons. The van der Waals surface area contributed by atoms with Gasteiger partial charge in [-0.3, -0.25) is 9.59 Å². The zero-order valence-corrected chi connectivity index (χ0v) is 12.8. The summed E-state index contributed by atoms with van der Waals surface area (Å²) in [5.41, 5.74) is 2.03. The van der Waals surface area contributed by atoms with Crippen LogP contribution in [-0.4, -0.2) is 23.5 Å². The van der Waals surface area contributed by atoms with E-state index in [1.807, 2.05) is 24.3 Å². The number of carboxylic acid groups (broad SMARTS) is 1. The number of nitrogens with zero attached hydrogens (tertiary/aromatic N) is 1. The molecule has 4 nitrogen and oxygen atoms in total. The first kappa shape index (κ1) is 15.1. The third-order valence-electron chi connectivity index (χ3n) is 5.04. The number of anilines is 1. The summed E-state index contributed by atoms with van der Waals surface area (Å²) in [6.45, 7) is 0.604. The van der Waals surface area contributed by atoms with E-state index in [1.54, 1.807) is 4.90 Å². The molecule has 4 heteroatoms. The van der Waals surface area contributed by atoms with E-state index in [9.17, 15) is 14.7 Å². The Balaban J connectivity index is 1.74. The first-order valence-corrected chi connectivity index (χ1v) is 8.29. The Bertz CT molecular complexity index is 563. The normalized spacial score (nSPS) is 19.7. The minimum absolute atomic E-state index is 0.233. The van der Waals surface area contributed by atoms with Crippen molar-refractivity contribution in [3.8, 4) is 0 Å². The number of hydrogen-bond acceptors (Lipinski definition) is 2. The van der Waals surface area contributed by atoms with Gasteiger partial charge in [-0.05, 0) is 30.4 Å². The van der Waals surface area contributed by atoms with Crippen molar-refractivity contribution in [3.05, 3.63) is 29.8 Å². The first-order chi connectivity index (χ1) is 10.7. The highest BCUT2D eigenvalue weighted by molar-refractivity contribution is 6.06. The minimum atomic E-state index is -0.972. The standard InChI is InChI=1S/C18H23NO3/c20-17(19-11-10-14-8-4-5-9-16(14)19)15(18(21)22)12-13-6-2-1-3-7-13/h4-5,8-9,13,15H,1-3,6-7,10-12H2,(H,21,22). The van der Waals surface area contributed by atoms with Crippen molar-refractivity contribution < 1.29 is 14.7 Å². The fraction of sp³-hybridized carbons (Fsp3) is 0.556. The summed E-state index contributed by atoms with van der Waals surface area (Å²) in [7, 11) is 0. The Morgan fingerprint density at radius 1 is 1.18 bits per heavy atom. The van der Waals surface area contributed by atoms with E-state index in [1.165, 1.54) is 6.42 Å². The Labute approximate surface area is 131 Å². The summed E-state index contributed by atoms with van der Waals surface area (Å²) in [4.78, 5) is 26.1. The van der Waals surface area contributed by atoms with Crippen molar-refractivity contribution in [2.75, 3.05) is 11.4 Å². The number of hydrogen-bond donors (Lipinski definition) is 1. The Kier molecular flexibility index (Phi) is 4.46. The molecule has 1 saturated carbocycles. The summed E-state index contributed by atoms with van der Waals surface area (Å²) in [6.07, 6.45) is 7.00. The second-order valence-corrected chi connectivity index (χ2v) is 6.50. The van der Waals surface area contributed by atoms with Crippen molar-refractivity contribution >= 4 is 17.6 Å². The lowest BCUT2D eigenvalue weighted by molar-refractivity contribution is -0.147. The number of aliphatic carboxylic acids is 1. The highest BCUT2D eigenvalue weighted by Crippen LogP contribution is 2.33. The molecule has 1 fully saturated rings. The van der Waals surface area contributed by atoms with Gasteiger partial charge in [0.15, 0.2) is 0 Å². The number of carboxylic acids is 1. The average Bonchev–Trinajstić information content (AvgIpc) is 2.97. The summed E-state index contributed by atoms with van der Waals surface area (Å²) in [5, 5.41) is 9.54. The lowest BCUT2D eigenvalue weighted by atomic mass is 9.82. The molecule has 1 unspecified atom stereocenters. The van der Waals surface area contributed by atoms with E-state index < -0.39 is 11.9 Å². The molecule has 1 aliphatic heterocycles. The zero-order chi connectivity index (χ0) is 15.5. The molecule has 118 valence electrons. The highest BCUT2D eigenvalue weighted by atomic mass is 16.4. The number of fused-ring (bicyclic) bond motifs is 1. The van der Waals surface area contributed by atoms with Crippen LogP contribution in [0.3, 0.4) is 0 Å². The van der Waals surface area contributed by atoms with Crippen molar-refractivity contribution in [1.29, 1.82) is 0 Å². The van der Waals surface area contributed by atoms with Gasteiger partial charge < -0.3 is 10.0 Å². The Morgan fingerprint density at radius 3 is 2.64 bits per heavy atom. The molecule has 1 aromatic carbocycles. The van der Waals surface area contributed by atoms with Crippen LogP contribution in [-0.2, 0) is 16.0 Å². The van der Waals surface area contributed by atoms with Gasteiger partial charge in [-0.2, -0.15) is 0 Å². The number of carbonyl (C=O) groups excluding carboxylic acids is 1. The van der Waals surface area contributed by atoms with Gasteiger partial charge in [0.1, 0.15) is 5.92 Å². The maximum atomic E-state index is 12.8. The van der Waals surface area contributed by atoms with Crippen LogP contribution in [0.4, 0.5) is 5.69 Å². The van der Waals surface area contributed by atoms with Crippen LogP contribution in [0, 0.1) is 11.8 Å². The fourth-order valence-corrected chi connectivity index (χ4v) is 3.82. The third-order valence-corrected chi connectivity index (χ3v) is 5.04. The lowest BCUT2D eigenvalue weighted by Gasteiger charge is -2.27. The molecule has 1 atom stereocenters. The highest BCUT2D eigenvalue weighted by Gasteiger charge is 2.36. The second-order valence-electron chi connectivity index (χ2n) is 6.50. The molecular weight excluding hydrogens is 278 g/mol. The van der Waals surface area contributed by atoms with Crippen molar-refractivity contribution in [1.82, 2.24) is 0 Å². The number of para-hydroxylation sites is 1. The van der Waals surface area contributed by atoms with Crippen LogP contribution in [0.15, 0.2) is 24.3 Å². The SMILES string of the molecule is O=C(O)C(CC1CCCCC1)C(=O)N1CCc2ccccc21. The Morgan fingerprint density at radius 2 is 1.91 bits per heavy atom. The summed E-state index contributed by atoms with van der Waals surface area (Å²) in [6, 6.07) is 7.80. The van der Waals surface area contributed by atoms with Crippen molar-refractivity contribution in [3.63, 3.8) is 0 Å². The van der Waals surface area contributed by atoms with Gasteiger partial charge in [-0.15, -0.1) is 0 Å². The molecule has 0 bridgehead atoms. The second kappa shape index (κ2) is 6.51. The molecule has 3 rings (SSSR count). The summed E-state index contributed by atoms with van der Waals surface area (Å²) in [5.74, 6) is -1.71. The molecule has 0 saturated heterocycles. The van der Waals surface area contributed by atoms with E-state index >= 15 is 0 Å². The van der Waals surface area contributed by atoms with E-state index in [-0.39, 0.29) is 5.91 Å².